The Morgan fingerprint density at radius 3 is 2.22 bits per heavy atom. The summed E-state index contributed by atoms with van der Waals surface area (Å²) in [4.78, 5) is 11.0. The van der Waals surface area contributed by atoms with Gasteiger partial charge in [0.25, 0.3) is 0 Å². The molecule has 5 unspecified atom stereocenters. The number of para-hydroxylation sites is 1. The zero-order valence-corrected chi connectivity index (χ0v) is 37.2. The summed E-state index contributed by atoms with van der Waals surface area (Å²) in [6.07, 6.45) is 15.0. The summed E-state index contributed by atoms with van der Waals surface area (Å²) in [5.41, 5.74) is 13.2. The number of rotatable bonds is 5. The molecule has 4 heteroatoms. The van der Waals surface area contributed by atoms with Gasteiger partial charge in [-0.15, -0.1) is 0 Å². The fourth-order valence-electron chi connectivity index (χ4n) is 11.5. The zero-order chi connectivity index (χ0) is 42.2. The van der Waals surface area contributed by atoms with Crippen molar-refractivity contribution in [3.05, 3.63) is 248 Å². The van der Waals surface area contributed by atoms with Gasteiger partial charge in [-0.05, 0) is 103 Å². The first kappa shape index (κ1) is 38.1. The Morgan fingerprint density at radius 1 is 0.683 bits per heavy atom. The molecule has 4 aliphatic rings. The van der Waals surface area contributed by atoms with E-state index in [0.29, 0.717) is 11.8 Å². The fourth-order valence-corrected chi connectivity index (χ4v) is 12.0. The Labute approximate surface area is 381 Å². The number of halogens is 1. The van der Waals surface area contributed by atoms with E-state index in [4.69, 9.17) is 9.98 Å². The molecule has 0 radical (unpaired) electrons. The fraction of sp³-hybridized carbons (Fsp3) is 0.119. The first-order valence-corrected chi connectivity index (χ1v) is 23.1. The third-order valence-electron chi connectivity index (χ3n) is 14.2. The van der Waals surface area contributed by atoms with Crippen LogP contribution in [0.1, 0.15) is 64.1 Å². The second kappa shape index (κ2) is 15.0. The third kappa shape index (κ3) is 5.91. The van der Waals surface area contributed by atoms with E-state index < -0.39 is 0 Å². The number of aromatic nitrogens is 1. The van der Waals surface area contributed by atoms with E-state index in [0.717, 1.165) is 32.7 Å². The minimum Gasteiger partial charge on any atom is -0.310 e. The average molecular weight is 922 g/mol. The highest BCUT2D eigenvalue weighted by atomic mass is 127. The highest BCUT2D eigenvalue weighted by Gasteiger charge is 2.56. The van der Waals surface area contributed by atoms with Crippen molar-refractivity contribution >= 4 is 73.7 Å². The molecule has 0 fully saturated rings. The number of nitrogens with zero attached hydrogens (tertiary/aromatic N) is 3. The number of allylic oxidation sites excluding steroid dienone is 5. The molecule has 0 aliphatic heterocycles. The van der Waals surface area contributed by atoms with Gasteiger partial charge in [0, 0.05) is 49.1 Å². The van der Waals surface area contributed by atoms with E-state index in [-0.39, 0.29) is 23.2 Å². The van der Waals surface area contributed by atoms with Gasteiger partial charge in [-0.25, -0.2) is 9.98 Å². The molecule has 0 amide bonds. The maximum Gasteiger partial charge on any atom is 0.160 e. The van der Waals surface area contributed by atoms with Gasteiger partial charge in [-0.1, -0.05) is 183 Å². The SMILES string of the molecule is C=C(I)/C(=N\C(=N/c1ccc2c(c1)C(C)c1ccccc1C21c2ccccc2C2C=CC=CC21)c1ccccc1)C1C=c2c(c3ccccc3n2-c2ccc3ccccc3c2)=CC1. The van der Waals surface area contributed by atoms with Crippen molar-refractivity contribution in [2.24, 2.45) is 21.8 Å². The molecule has 1 heterocycles. The van der Waals surface area contributed by atoms with E-state index in [1.165, 1.54) is 65.6 Å². The molecule has 0 saturated heterocycles. The van der Waals surface area contributed by atoms with Crippen molar-refractivity contribution < 1.29 is 0 Å². The molecule has 4 aliphatic carbocycles. The number of benzene rings is 7. The maximum absolute atomic E-state index is 5.54. The molecule has 5 atom stereocenters. The number of hydrogen-bond donors (Lipinski definition) is 0. The minimum atomic E-state index is -0.308. The molecular formula is C59H44IN3. The second-order valence-electron chi connectivity index (χ2n) is 17.4. The summed E-state index contributed by atoms with van der Waals surface area (Å²) < 4.78 is 3.33. The van der Waals surface area contributed by atoms with Gasteiger partial charge < -0.3 is 4.57 Å². The standard InChI is InChI=1S/C59H44IN3/c1-37-45-20-8-12-24-51(45)59(52-25-13-9-21-46(52)47-22-10-14-26-53(47)59)54-33-30-43(36-50(37)54)61-58(40-17-4-3-5-18-40)62-57(38(2)60)42-29-32-49-48-23-11-15-27-55(48)63(56(49)35-42)44-31-28-39-16-6-7-19-41(39)34-44/h3-28,30-37,42,46,52H,2,29H2,1H3/b61-58-,62-57+. The summed E-state index contributed by atoms with van der Waals surface area (Å²) in [6, 6.07) is 59.8. The van der Waals surface area contributed by atoms with Crippen LogP contribution < -0.4 is 10.6 Å². The van der Waals surface area contributed by atoms with Crippen molar-refractivity contribution in [1.82, 2.24) is 4.57 Å². The van der Waals surface area contributed by atoms with Gasteiger partial charge in [-0.2, -0.15) is 0 Å². The summed E-state index contributed by atoms with van der Waals surface area (Å²) in [5.74, 6) is 1.45. The smallest absolute Gasteiger partial charge is 0.160 e. The molecule has 1 spiro atoms. The van der Waals surface area contributed by atoms with E-state index >= 15 is 0 Å². The van der Waals surface area contributed by atoms with Crippen molar-refractivity contribution in [2.45, 2.75) is 30.6 Å². The van der Waals surface area contributed by atoms with Crippen LogP contribution in [0.5, 0.6) is 0 Å². The van der Waals surface area contributed by atoms with Gasteiger partial charge in [0.2, 0.25) is 0 Å². The lowest BCUT2D eigenvalue weighted by atomic mass is 9.56. The zero-order valence-electron chi connectivity index (χ0n) is 35.0. The molecule has 1 aromatic heterocycles. The van der Waals surface area contributed by atoms with Crippen LogP contribution in [0.2, 0.25) is 0 Å². The Kier molecular flexibility index (Phi) is 9.08. The van der Waals surface area contributed by atoms with Crippen LogP contribution in [0, 0.1) is 11.8 Å². The number of aliphatic imine (C=N–C) groups is 2. The largest absolute Gasteiger partial charge is 0.310 e. The van der Waals surface area contributed by atoms with E-state index in [9.17, 15) is 0 Å². The van der Waals surface area contributed by atoms with Gasteiger partial charge in [0.05, 0.1) is 27.7 Å². The Balaban J connectivity index is 1.02. The number of fused-ring (bicyclic) bond motifs is 13. The monoisotopic (exact) mass is 921 g/mol. The molecule has 0 N–H and O–H groups in total. The van der Waals surface area contributed by atoms with Gasteiger partial charge in [-0.3, -0.25) is 0 Å². The van der Waals surface area contributed by atoms with Gasteiger partial charge >= 0.3 is 0 Å². The molecular weight excluding hydrogens is 878 g/mol. The van der Waals surface area contributed by atoms with Crippen molar-refractivity contribution in [3.8, 4) is 5.69 Å². The van der Waals surface area contributed by atoms with Crippen LogP contribution in [-0.2, 0) is 5.41 Å². The minimum absolute atomic E-state index is 0.00720. The third-order valence-corrected chi connectivity index (χ3v) is 14.7. The maximum atomic E-state index is 5.54. The summed E-state index contributed by atoms with van der Waals surface area (Å²) in [5, 5.41) is 6.16. The Hall–Kier alpha value is -6.63. The molecule has 12 rings (SSSR count). The lowest BCUT2D eigenvalue weighted by Gasteiger charge is -2.45. The van der Waals surface area contributed by atoms with Crippen LogP contribution in [0.15, 0.2) is 208 Å². The molecule has 302 valence electrons. The predicted octanol–water partition coefficient (Wildman–Crippen LogP) is 13.2. The molecule has 3 nitrogen and oxygen atoms in total. The van der Waals surface area contributed by atoms with Gasteiger partial charge in [0.15, 0.2) is 5.84 Å². The normalized spacial score (nSPS) is 21.9. The van der Waals surface area contributed by atoms with Crippen LogP contribution in [0.3, 0.4) is 0 Å². The first-order chi connectivity index (χ1) is 31.0. The highest BCUT2D eigenvalue weighted by Crippen LogP contribution is 2.63. The topological polar surface area (TPSA) is 29.6 Å². The molecule has 0 saturated carbocycles. The van der Waals surface area contributed by atoms with E-state index in [1.54, 1.807) is 0 Å². The van der Waals surface area contributed by atoms with Crippen LogP contribution >= 0.6 is 22.6 Å². The van der Waals surface area contributed by atoms with Crippen LogP contribution in [0.25, 0.3) is 39.5 Å². The van der Waals surface area contributed by atoms with Crippen molar-refractivity contribution in [2.75, 3.05) is 0 Å². The molecule has 0 bridgehead atoms. The lowest BCUT2D eigenvalue weighted by Crippen LogP contribution is -2.40. The summed E-state index contributed by atoms with van der Waals surface area (Å²) in [6.45, 7) is 6.89. The average Bonchev–Trinajstić information content (AvgIpc) is 3.82. The van der Waals surface area contributed by atoms with E-state index in [2.05, 4.69) is 241 Å². The van der Waals surface area contributed by atoms with Crippen molar-refractivity contribution in [3.63, 3.8) is 0 Å². The second-order valence-corrected chi connectivity index (χ2v) is 18.7. The lowest BCUT2D eigenvalue weighted by molar-refractivity contribution is 0.439. The first-order valence-electron chi connectivity index (χ1n) is 22.1. The quantitative estimate of drug-likeness (QED) is 0.0935. The number of amidine groups is 1. The van der Waals surface area contributed by atoms with Crippen LogP contribution in [-0.4, -0.2) is 16.1 Å². The highest BCUT2D eigenvalue weighted by molar-refractivity contribution is 14.1. The summed E-state index contributed by atoms with van der Waals surface area (Å²) >= 11 is 2.37. The molecule has 7 aromatic carbocycles. The molecule has 8 aromatic rings. The van der Waals surface area contributed by atoms with Crippen LogP contribution in [0.4, 0.5) is 5.69 Å². The Bertz CT molecular complexity index is 3460. The van der Waals surface area contributed by atoms with Crippen molar-refractivity contribution in [1.29, 1.82) is 0 Å². The van der Waals surface area contributed by atoms with E-state index in [1.807, 2.05) is 0 Å². The predicted molar refractivity (Wildman–Crippen MR) is 272 cm³/mol. The number of hydrogen-bond acceptors (Lipinski definition) is 1. The van der Waals surface area contributed by atoms with Gasteiger partial charge in [0.1, 0.15) is 0 Å². The Morgan fingerprint density at radius 2 is 1.38 bits per heavy atom. The molecule has 63 heavy (non-hydrogen) atoms. The summed E-state index contributed by atoms with van der Waals surface area (Å²) in [7, 11) is 0.